The third-order valence-corrected chi connectivity index (χ3v) is 3.38. The molecule has 0 atom stereocenters. The van der Waals surface area contributed by atoms with Crippen molar-refractivity contribution in [1.29, 1.82) is 0 Å². The molecule has 0 saturated heterocycles. The summed E-state index contributed by atoms with van der Waals surface area (Å²) in [7, 11) is 0. The SMILES string of the molecule is CCCCCCCCCOc1ccc(C(=O)C=CO)cc1. The Morgan fingerprint density at radius 1 is 1.05 bits per heavy atom. The van der Waals surface area contributed by atoms with Crippen molar-refractivity contribution in [3.8, 4) is 5.75 Å². The Morgan fingerprint density at radius 3 is 2.29 bits per heavy atom. The highest BCUT2D eigenvalue weighted by molar-refractivity contribution is 6.04. The van der Waals surface area contributed by atoms with Gasteiger partial charge in [-0.05, 0) is 30.7 Å². The second-order valence-corrected chi connectivity index (χ2v) is 5.17. The molecule has 0 unspecified atom stereocenters. The molecule has 0 aliphatic heterocycles. The Morgan fingerprint density at radius 2 is 1.67 bits per heavy atom. The number of hydrogen-bond donors (Lipinski definition) is 1. The summed E-state index contributed by atoms with van der Waals surface area (Å²) in [5, 5.41) is 8.56. The molecule has 0 aliphatic carbocycles. The van der Waals surface area contributed by atoms with Crippen LogP contribution in [0.1, 0.15) is 62.2 Å². The van der Waals surface area contributed by atoms with Gasteiger partial charge < -0.3 is 9.84 Å². The Kier molecular flexibility index (Phi) is 9.01. The minimum atomic E-state index is -0.212. The highest BCUT2D eigenvalue weighted by Gasteiger charge is 2.02. The standard InChI is InChI=1S/C18H26O3/c1-2-3-4-5-6-7-8-15-21-17-11-9-16(10-12-17)18(20)13-14-19/h9-14,19H,2-8,15H2,1H3. The van der Waals surface area contributed by atoms with Crippen molar-refractivity contribution < 1.29 is 14.6 Å². The Hall–Kier alpha value is -1.77. The lowest BCUT2D eigenvalue weighted by Gasteiger charge is -2.06. The van der Waals surface area contributed by atoms with Crippen LogP contribution in [0, 0.1) is 0 Å². The summed E-state index contributed by atoms with van der Waals surface area (Å²) in [5.41, 5.74) is 0.545. The van der Waals surface area contributed by atoms with Gasteiger partial charge in [0.05, 0.1) is 12.9 Å². The number of unbranched alkanes of at least 4 members (excludes halogenated alkanes) is 6. The van der Waals surface area contributed by atoms with E-state index < -0.39 is 0 Å². The van der Waals surface area contributed by atoms with Crippen LogP contribution in [-0.2, 0) is 0 Å². The highest BCUT2D eigenvalue weighted by Crippen LogP contribution is 2.14. The van der Waals surface area contributed by atoms with Crippen LogP contribution in [0.5, 0.6) is 5.75 Å². The van der Waals surface area contributed by atoms with E-state index in [4.69, 9.17) is 9.84 Å². The quantitative estimate of drug-likeness (QED) is 0.268. The van der Waals surface area contributed by atoms with Gasteiger partial charge in [-0.25, -0.2) is 0 Å². The van der Waals surface area contributed by atoms with Crippen LogP contribution in [0.3, 0.4) is 0 Å². The molecule has 3 heteroatoms. The predicted molar refractivity (Wildman–Crippen MR) is 86.0 cm³/mol. The lowest BCUT2D eigenvalue weighted by atomic mass is 10.1. The van der Waals surface area contributed by atoms with E-state index in [0.29, 0.717) is 5.56 Å². The molecule has 21 heavy (non-hydrogen) atoms. The molecule has 0 radical (unpaired) electrons. The fourth-order valence-electron chi connectivity index (χ4n) is 2.13. The van der Waals surface area contributed by atoms with E-state index in [-0.39, 0.29) is 5.78 Å². The second-order valence-electron chi connectivity index (χ2n) is 5.17. The maximum atomic E-state index is 11.5. The number of carbonyl (C=O) groups is 1. The molecule has 0 bridgehead atoms. The molecule has 0 aliphatic rings. The monoisotopic (exact) mass is 290 g/mol. The molecule has 3 nitrogen and oxygen atoms in total. The summed E-state index contributed by atoms with van der Waals surface area (Å²) in [5.74, 6) is 0.571. The lowest BCUT2D eigenvalue weighted by molar-refractivity contribution is 0.104. The van der Waals surface area contributed by atoms with Gasteiger partial charge in [0.1, 0.15) is 5.75 Å². The number of carbonyl (C=O) groups excluding carboxylic acids is 1. The summed E-state index contributed by atoms with van der Waals surface area (Å²) >= 11 is 0. The molecule has 0 saturated carbocycles. The predicted octanol–water partition coefficient (Wildman–Crippen LogP) is 5.07. The fraction of sp³-hybridized carbons (Fsp3) is 0.500. The summed E-state index contributed by atoms with van der Waals surface area (Å²) in [6, 6.07) is 7.00. The minimum Gasteiger partial charge on any atom is -0.515 e. The summed E-state index contributed by atoms with van der Waals surface area (Å²) < 4.78 is 5.65. The first-order valence-corrected chi connectivity index (χ1v) is 7.86. The van der Waals surface area contributed by atoms with Crippen molar-refractivity contribution in [2.75, 3.05) is 6.61 Å². The van der Waals surface area contributed by atoms with Gasteiger partial charge in [0.25, 0.3) is 0 Å². The molecule has 1 aromatic rings. The summed E-state index contributed by atoms with van der Waals surface area (Å²) in [6.45, 7) is 2.95. The van der Waals surface area contributed by atoms with Gasteiger partial charge in [-0.15, -0.1) is 0 Å². The van der Waals surface area contributed by atoms with E-state index >= 15 is 0 Å². The van der Waals surface area contributed by atoms with Gasteiger partial charge >= 0.3 is 0 Å². The number of ether oxygens (including phenoxy) is 1. The van der Waals surface area contributed by atoms with Crippen LogP contribution in [0.2, 0.25) is 0 Å². The van der Waals surface area contributed by atoms with Gasteiger partial charge in [-0.1, -0.05) is 45.4 Å². The fourth-order valence-corrected chi connectivity index (χ4v) is 2.13. The van der Waals surface area contributed by atoms with E-state index in [2.05, 4.69) is 6.92 Å². The van der Waals surface area contributed by atoms with E-state index in [0.717, 1.165) is 31.1 Å². The molecule has 116 valence electrons. The van der Waals surface area contributed by atoms with Crippen LogP contribution < -0.4 is 4.74 Å². The molecular formula is C18H26O3. The van der Waals surface area contributed by atoms with Crippen molar-refractivity contribution in [2.24, 2.45) is 0 Å². The van der Waals surface area contributed by atoms with Crippen molar-refractivity contribution >= 4 is 5.78 Å². The van der Waals surface area contributed by atoms with Crippen molar-refractivity contribution in [2.45, 2.75) is 51.9 Å². The first kappa shape index (κ1) is 17.3. The number of allylic oxidation sites excluding steroid dienone is 1. The van der Waals surface area contributed by atoms with Crippen LogP contribution in [0.4, 0.5) is 0 Å². The van der Waals surface area contributed by atoms with Gasteiger partial charge in [0.15, 0.2) is 5.78 Å². The Labute approximate surface area is 127 Å². The average Bonchev–Trinajstić information content (AvgIpc) is 2.51. The Balaban J connectivity index is 2.17. The van der Waals surface area contributed by atoms with Crippen molar-refractivity contribution in [1.82, 2.24) is 0 Å². The highest BCUT2D eigenvalue weighted by atomic mass is 16.5. The van der Waals surface area contributed by atoms with Crippen molar-refractivity contribution in [3.63, 3.8) is 0 Å². The lowest BCUT2D eigenvalue weighted by Crippen LogP contribution is -1.98. The van der Waals surface area contributed by atoms with Crippen LogP contribution >= 0.6 is 0 Å². The van der Waals surface area contributed by atoms with Gasteiger partial charge in [-0.2, -0.15) is 0 Å². The van der Waals surface area contributed by atoms with E-state index in [1.54, 1.807) is 24.3 Å². The van der Waals surface area contributed by atoms with E-state index in [1.165, 1.54) is 38.5 Å². The third-order valence-electron chi connectivity index (χ3n) is 3.38. The number of aliphatic hydroxyl groups is 1. The maximum absolute atomic E-state index is 11.5. The largest absolute Gasteiger partial charge is 0.515 e. The molecule has 0 fully saturated rings. The van der Waals surface area contributed by atoms with Gasteiger partial charge in [-0.3, -0.25) is 4.79 Å². The number of ketones is 1. The molecule has 1 aromatic carbocycles. The molecule has 0 heterocycles. The zero-order valence-electron chi connectivity index (χ0n) is 12.9. The minimum absolute atomic E-state index is 0.212. The van der Waals surface area contributed by atoms with Gasteiger partial charge in [0, 0.05) is 11.6 Å². The topological polar surface area (TPSA) is 46.5 Å². The van der Waals surface area contributed by atoms with Crippen LogP contribution in [-0.4, -0.2) is 17.5 Å². The first-order chi connectivity index (χ1) is 10.3. The molecule has 0 aromatic heterocycles. The normalized spacial score (nSPS) is 10.9. The number of benzene rings is 1. The number of aliphatic hydroxyl groups excluding tert-OH is 1. The van der Waals surface area contributed by atoms with Crippen molar-refractivity contribution in [3.05, 3.63) is 42.2 Å². The second kappa shape index (κ2) is 11.0. The third kappa shape index (κ3) is 7.54. The first-order valence-electron chi connectivity index (χ1n) is 7.86. The van der Waals surface area contributed by atoms with Crippen LogP contribution in [0.25, 0.3) is 0 Å². The van der Waals surface area contributed by atoms with Gasteiger partial charge in [0.2, 0.25) is 0 Å². The Bertz CT molecular complexity index is 421. The zero-order valence-corrected chi connectivity index (χ0v) is 12.9. The number of rotatable bonds is 11. The molecule has 0 amide bonds. The molecular weight excluding hydrogens is 264 g/mol. The number of hydrogen-bond acceptors (Lipinski definition) is 3. The summed E-state index contributed by atoms with van der Waals surface area (Å²) in [4.78, 5) is 11.5. The smallest absolute Gasteiger partial charge is 0.188 e. The zero-order chi connectivity index (χ0) is 15.3. The molecule has 0 spiro atoms. The van der Waals surface area contributed by atoms with E-state index in [1.807, 2.05) is 0 Å². The van der Waals surface area contributed by atoms with E-state index in [9.17, 15) is 4.79 Å². The summed E-state index contributed by atoms with van der Waals surface area (Å²) in [6.07, 6.45) is 10.7. The molecule has 1 N–H and O–H groups in total. The molecule has 1 rings (SSSR count). The van der Waals surface area contributed by atoms with Crippen LogP contribution in [0.15, 0.2) is 36.6 Å². The maximum Gasteiger partial charge on any atom is 0.188 e. The average molecular weight is 290 g/mol.